The van der Waals surface area contributed by atoms with Crippen LogP contribution in [0.1, 0.15) is 5.82 Å². The number of hydrogen-bond acceptors (Lipinski definition) is 4. The van der Waals surface area contributed by atoms with Gasteiger partial charge in [-0.05, 0) is 24.3 Å². The first-order valence-corrected chi connectivity index (χ1v) is 8.32. The van der Waals surface area contributed by atoms with Gasteiger partial charge in [0.25, 0.3) is 0 Å². The molecular weight excluding hydrogens is 351 g/mol. The molecule has 0 atom stereocenters. The number of fused-ring (bicyclic) bond motifs is 1. The van der Waals surface area contributed by atoms with Crippen molar-refractivity contribution in [1.29, 1.82) is 0 Å². The van der Waals surface area contributed by atoms with Crippen LogP contribution in [0.3, 0.4) is 0 Å². The second-order valence-electron chi connectivity index (χ2n) is 5.84. The minimum absolute atomic E-state index is 0.0615. The predicted octanol–water partition coefficient (Wildman–Crippen LogP) is 2.08. The lowest BCUT2D eigenvalue weighted by Gasteiger charge is -2.11. The summed E-state index contributed by atoms with van der Waals surface area (Å²) in [5, 5.41) is 5.25. The summed E-state index contributed by atoms with van der Waals surface area (Å²) in [6.45, 7) is 0.0161. The number of nitrogens with zero attached hydrogens (tertiary/aromatic N) is 2. The third-order valence-corrected chi connectivity index (χ3v) is 3.90. The van der Waals surface area contributed by atoms with Crippen molar-refractivity contribution in [3.63, 3.8) is 0 Å². The molecule has 7 nitrogen and oxygen atoms in total. The number of nitrogens with one attached hydrogen (secondary N) is 2. The van der Waals surface area contributed by atoms with Gasteiger partial charge in [-0.1, -0.05) is 24.3 Å². The van der Waals surface area contributed by atoms with Gasteiger partial charge < -0.3 is 19.9 Å². The highest BCUT2D eigenvalue weighted by molar-refractivity contribution is 5.91. The van der Waals surface area contributed by atoms with Crippen molar-refractivity contribution in [2.45, 2.75) is 13.1 Å². The van der Waals surface area contributed by atoms with Crippen LogP contribution < -0.4 is 10.6 Å². The number of benzene rings is 2. The van der Waals surface area contributed by atoms with Crippen molar-refractivity contribution in [2.75, 3.05) is 19.0 Å². The molecule has 2 N–H and O–H groups in total. The highest BCUT2D eigenvalue weighted by Crippen LogP contribution is 2.17. The SMILES string of the molecule is COCC(=O)NCc1nc2ccccc2n1CC(=O)Nc1ccccc1F. The van der Waals surface area contributed by atoms with E-state index in [1.54, 1.807) is 16.7 Å². The van der Waals surface area contributed by atoms with E-state index in [1.807, 2.05) is 24.3 Å². The summed E-state index contributed by atoms with van der Waals surface area (Å²) in [6.07, 6.45) is 0. The van der Waals surface area contributed by atoms with E-state index >= 15 is 0 Å². The Hall–Kier alpha value is -3.26. The van der Waals surface area contributed by atoms with Crippen LogP contribution in [-0.2, 0) is 27.4 Å². The summed E-state index contributed by atoms with van der Waals surface area (Å²) in [4.78, 5) is 28.6. The molecule has 27 heavy (non-hydrogen) atoms. The highest BCUT2D eigenvalue weighted by atomic mass is 19.1. The van der Waals surface area contributed by atoms with Crippen LogP contribution in [0.2, 0.25) is 0 Å². The maximum absolute atomic E-state index is 13.7. The standard InChI is InChI=1S/C19H19FN4O3/c1-27-12-19(26)21-10-17-22-15-8-4-5-9-16(15)24(17)11-18(25)23-14-7-3-2-6-13(14)20/h2-9H,10-12H2,1H3,(H,21,26)(H,23,25). The zero-order valence-electron chi connectivity index (χ0n) is 14.7. The third-order valence-electron chi connectivity index (χ3n) is 3.90. The Morgan fingerprint density at radius 3 is 2.63 bits per heavy atom. The van der Waals surface area contributed by atoms with E-state index in [9.17, 15) is 14.0 Å². The Kier molecular flexibility index (Phi) is 5.77. The number of aromatic nitrogens is 2. The van der Waals surface area contributed by atoms with Gasteiger partial charge >= 0.3 is 0 Å². The Morgan fingerprint density at radius 1 is 1.11 bits per heavy atom. The van der Waals surface area contributed by atoms with Gasteiger partial charge in [-0.3, -0.25) is 9.59 Å². The molecule has 0 aliphatic carbocycles. The Bertz CT molecular complexity index is 970. The minimum Gasteiger partial charge on any atom is -0.375 e. The molecular formula is C19H19FN4O3. The smallest absolute Gasteiger partial charge is 0.246 e. The quantitative estimate of drug-likeness (QED) is 0.667. The summed E-state index contributed by atoms with van der Waals surface area (Å²) < 4.78 is 20.2. The summed E-state index contributed by atoms with van der Waals surface area (Å²) >= 11 is 0. The Balaban J connectivity index is 1.81. The fraction of sp³-hybridized carbons (Fsp3) is 0.211. The molecule has 0 spiro atoms. The van der Waals surface area contributed by atoms with E-state index < -0.39 is 11.7 Å². The highest BCUT2D eigenvalue weighted by Gasteiger charge is 2.15. The number of ether oxygens (including phenoxy) is 1. The minimum atomic E-state index is -0.506. The first-order valence-electron chi connectivity index (χ1n) is 8.32. The number of hydrogen-bond donors (Lipinski definition) is 2. The molecule has 140 valence electrons. The van der Waals surface area contributed by atoms with Crippen molar-refractivity contribution in [1.82, 2.24) is 14.9 Å². The van der Waals surface area contributed by atoms with E-state index in [4.69, 9.17) is 4.74 Å². The fourth-order valence-electron chi connectivity index (χ4n) is 2.69. The van der Waals surface area contributed by atoms with Crippen molar-refractivity contribution in [2.24, 2.45) is 0 Å². The normalized spacial score (nSPS) is 10.7. The van der Waals surface area contributed by atoms with Crippen molar-refractivity contribution < 1.29 is 18.7 Å². The second-order valence-corrected chi connectivity index (χ2v) is 5.84. The maximum Gasteiger partial charge on any atom is 0.246 e. The first-order chi connectivity index (χ1) is 13.1. The van der Waals surface area contributed by atoms with Crippen LogP contribution in [0.4, 0.5) is 10.1 Å². The van der Waals surface area contributed by atoms with Crippen LogP contribution >= 0.6 is 0 Å². The van der Waals surface area contributed by atoms with Gasteiger partial charge in [0.1, 0.15) is 24.8 Å². The zero-order valence-corrected chi connectivity index (χ0v) is 14.7. The van der Waals surface area contributed by atoms with E-state index in [0.29, 0.717) is 11.3 Å². The molecule has 3 rings (SSSR count). The Morgan fingerprint density at radius 2 is 1.85 bits per heavy atom. The molecule has 1 heterocycles. The average molecular weight is 370 g/mol. The third kappa shape index (κ3) is 4.48. The van der Waals surface area contributed by atoms with Gasteiger partial charge in [0.05, 0.1) is 23.3 Å². The lowest BCUT2D eigenvalue weighted by molar-refractivity contribution is -0.124. The number of para-hydroxylation sites is 3. The molecule has 0 aliphatic heterocycles. The van der Waals surface area contributed by atoms with E-state index in [1.165, 1.54) is 19.2 Å². The van der Waals surface area contributed by atoms with Crippen LogP contribution in [0, 0.1) is 5.82 Å². The molecule has 0 saturated carbocycles. The molecule has 3 aromatic rings. The summed E-state index contributed by atoms with van der Waals surface area (Å²) in [7, 11) is 1.43. The first kappa shape index (κ1) is 18.5. The molecule has 8 heteroatoms. The Labute approximate surface area is 155 Å². The van der Waals surface area contributed by atoms with Gasteiger partial charge in [-0.25, -0.2) is 9.37 Å². The van der Waals surface area contributed by atoms with Crippen molar-refractivity contribution >= 4 is 28.5 Å². The lowest BCUT2D eigenvalue weighted by atomic mass is 10.3. The van der Waals surface area contributed by atoms with Gasteiger partial charge in [0.2, 0.25) is 11.8 Å². The molecule has 0 radical (unpaired) electrons. The van der Waals surface area contributed by atoms with E-state index in [0.717, 1.165) is 5.52 Å². The molecule has 0 aliphatic rings. The number of anilines is 1. The molecule has 0 unspecified atom stereocenters. The van der Waals surface area contributed by atoms with Crippen molar-refractivity contribution in [3.8, 4) is 0 Å². The number of rotatable bonds is 7. The number of methoxy groups -OCH3 is 1. The van der Waals surface area contributed by atoms with Gasteiger partial charge in [-0.2, -0.15) is 0 Å². The fourth-order valence-corrected chi connectivity index (χ4v) is 2.69. The van der Waals surface area contributed by atoms with E-state index in [2.05, 4.69) is 15.6 Å². The van der Waals surface area contributed by atoms with Crippen LogP contribution in [-0.4, -0.2) is 35.1 Å². The predicted molar refractivity (Wildman–Crippen MR) is 98.5 cm³/mol. The van der Waals surface area contributed by atoms with Crippen LogP contribution in [0.15, 0.2) is 48.5 Å². The summed E-state index contributed by atoms with van der Waals surface area (Å²) in [5.74, 6) is -0.669. The van der Waals surface area contributed by atoms with Gasteiger partial charge in [0.15, 0.2) is 0 Å². The average Bonchev–Trinajstić information content (AvgIpc) is 3.00. The molecule has 0 bridgehead atoms. The number of amides is 2. The maximum atomic E-state index is 13.7. The van der Waals surface area contributed by atoms with Crippen LogP contribution in [0.5, 0.6) is 0 Å². The number of imidazole rings is 1. The number of carbonyl (C=O) groups is 2. The summed E-state index contributed by atoms with van der Waals surface area (Å²) in [5.41, 5.74) is 1.56. The van der Waals surface area contributed by atoms with Gasteiger partial charge in [0, 0.05) is 7.11 Å². The lowest BCUT2D eigenvalue weighted by Crippen LogP contribution is -2.29. The van der Waals surface area contributed by atoms with Crippen molar-refractivity contribution in [3.05, 3.63) is 60.2 Å². The number of carbonyl (C=O) groups excluding carboxylic acids is 2. The number of halogens is 1. The molecule has 2 amide bonds. The topological polar surface area (TPSA) is 85.2 Å². The molecule has 0 fully saturated rings. The van der Waals surface area contributed by atoms with Gasteiger partial charge in [-0.15, -0.1) is 0 Å². The zero-order chi connectivity index (χ0) is 19.2. The van der Waals surface area contributed by atoms with Crippen LogP contribution in [0.25, 0.3) is 11.0 Å². The van der Waals surface area contributed by atoms with E-state index in [-0.39, 0.29) is 31.3 Å². The monoisotopic (exact) mass is 370 g/mol. The molecule has 0 saturated heterocycles. The largest absolute Gasteiger partial charge is 0.375 e. The molecule has 1 aromatic heterocycles. The second kappa shape index (κ2) is 8.41. The molecule has 2 aromatic carbocycles. The summed E-state index contributed by atoms with van der Waals surface area (Å²) in [6, 6.07) is 13.3.